The largest absolute Gasteiger partial charge is 0.380 e. The molecule has 0 bridgehead atoms. The Kier molecular flexibility index (Phi) is 4.00. The molecule has 1 aliphatic heterocycles. The highest BCUT2D eigenvalue weighted by Crippen LogP contribution is 2.37. The van der Waals surface area contributed by atoms with Crippen molar-refractivity contribution in [2.75, 3.05) is 26.7 Å². The van der Waals surface area contributed by atoms with E-state index >= 15 is 0 Å². The Labute approximate surface area is 93.0 Å². The topological polar surface area (TPSA) is 33.3 Å². The number of methoxy groups -OCH3 is 1. The van der Waals surface area contributed by atoms with E-state index in [0.29, 0.717) is 12.1 Å². The molecule has 15 heavy (non-hydrogen) atoms. The summed E-state index contributed by atoms with van der Waals surface area (Å²) in [6, 6.07) is 0.710. The quantitative estimate of drug-likeness (QED) is 0.713. The third kappa shape index (κ3) is 2.71. The molecule has 0 amide bonds. The van der Waals surface area contributed by atoms with E-state index in [2.05, 4.69) is 17.6 Å². The van der Waals surface area contributed by atoms with Gasteiger partial charge in [0, 0.05) is 26.2 Å². The van der Waals surface area contributed by atoms with Crippen LogP contribution >= 0.6 is 0 Å². The van der Waals surface area contributed by atoms with Gasteiger partial charge in [-0.05, 0) is 38.1 Å². The first-order chi connectivity index (χ1) is 7.31. The van der Waals surface area contributed by atoms with E-state index in [1.165, 1.54) is 25.8 Å². The summed E-state index contributed by atoms with van der Waals surface area (Å²) >= 11 is 0. The van der Waals surface area contributed by atoms with E-state index in [1.807, 2.05) is 0 Å². The second-order valence-electron chi connectivity index (χ2n) is 5.07. The van der Waals surface area contributed by atoms with Crippen molar-refractivity contribution in [1.29, 1.82) is 0 Å². The first-order valence-corrected chi connectivity index (χ1v) is 6.28. The van der Waals surface area contributed by atoms with Crippen LogP contribution < -0.4 is 10.6 Å². The van der Waals surface area contributed by atoms with E-state index in [9.17, 15) is 0 Å². The molecule has 3 heteroatoms. The van der Waals surface area contributed by atoms with Gasteiger partial charge >= 0.3 is 0 Å². The number of fused-ring (bicyclic) bond motifs is 1. The van der Waals surface area contributed by atoms with Gasteiger partial charge in [0.2, 0.25) is 0 Å². The fourth-order valence-corrected chi connectivity index (χ4v) is 3.05. The van der Waals surface area contributed by atoms with Gasteiger partial charge in [-0.1, -0.05) is 6.42 Å². The van der Waals surface area contributed by atoms with Gasteiger partial charge in [0.25, 0.3) is 0 Å². The van der Waals surface area contributed by atoms with Crippen LogP contribution in [0.3, 0.4) is 0 Å². The van der Waals surface area contributed by atoms with Crippen LogP contribution in [0.25, 0.3) is 0 Å². The maximum atomic E-state index is 5.22. The summed E-state index contributed by atoms with van der Waals surface area (Å²) < 4.78 is 5.22. The minimum absolute atomic E-state index is 0.325. The van der Waals surface area contributed by atoms with Gasteiger partial charge in [-0.15, -0.1) is 0 Å². The number of rotatable bonds is 5. The predicted molar refractivity (Wildman–Crippen MR) is 62.0 cm³/mol. The van der Waals surface area contributed by atoms with Crippen molar-refractivity contribution in [2.45, 2.75) is 38.3 Å². The highest BCUT2D eigenvalue weighted by molar-refractivity contribution is 4.94. The first-order valence-electron chi connectivity index (χ1n) is 6.28. The summed E-state index contributed by atoms with van der Waals surface area (Å²) in [5, 5.41) is 7.15. The highest BCUT2D eigenvalue weighted by atomic mass is 16.5. The molecule has 2 fully saturated rings. The van der Waals surface area contributed by atoms with Gasteiger partial charge in [-0.2, -0.15) is 0 Å². The third-order valence-electron chi connectivity index (χ3n) is 4.08. The molecule has 0 aromatic heterocycles. The van der Waals surface area contributed by atoms with Crippen molar-refractivity contribution in [3.63, 3.8) is 0 Å². The van der Waals surface area contributed by atoms with Crippen molar-refractivity contribution in [3.05, 3.63) is 0 Å². The molecule has 1 heterocycles. The van der Waals surface area contributed by atoms with E-state index in [-0.39, 0.29) is 0 Å². The van der Waals surface area contributed by atoms with Crippen molar-refractivity contribution in [1.82, 2.24) is 10.6 Å². The molecule has 2 aliphatic rings. The molecule has 4 atom stereocenters. The van der Waals surface area contributed by atoms with Crippen LogP contribution in [0.2, 0.25) is 0 Å². The maximum Gasteiger partial charge on any atom is 0.0667 e. The first kappa shape index (κ1) is 11.4. The maximum absolute atomic E-state index is 5.22. The Morgan fingerprint density at radius 1 is 1.47 bits per heavy atom. The summed E-state index contributed by atoms with van der Waals surface area (Å²) in [4.78, 5) is 0. The summed E-state index contributed by atoms with van der Waals surface area (Å²) in [6.45, 7) is 5.42. The van der Waals surface area contributed by atoms with Crippen LogP contribution in [0.1, 0.15) is 26.2 Å². The van der Waals surface area contributed by atoms with Gasteiger partial charge in [0.05, 0.1) is 6.10 Å². The molecule has 0 spiro atoms. The zero-order chi connectivity index (χ0) is 10.7. The highest BCUT2D eigenvalue weighted by Gasteiger charge is 2.38. The van der Waals surface area contributed by atoms with Gasteiger partial charge in [-0.3, -0.25) is 0 Å². The Bertz CT molecular complexity index is 198. The lowest BCUT2D eigenvalue weighted by molar-refractivity contribution is 0.116. The van der Waals surface area contributed by atoms with E-state index in [1.54, 1.807) is 7.11 Å². The molecule has 1 saturated carbocycles. The van der Waals surface area contributed by atoms with Gasteiger partial charge < -0.3 is 15.4 Å². The van der Waals surface area contributed by atoms with Crippen molar-refractivity contribution < 1.29 is 4.74 Å². The number of hydrogen-bond donors (Lipinski definition) is 2. The lowest BCUT2D eigenvalue weighted by Crippen LogP contribution is -2.40. The molecule has 0 radical (unpaired) electrons. The summed E-state index contributed by atoms with van der Waals surface area (Å²) in [5.41, 5.74) is 0. The third-order valence-corrected chi connectivity index (χ3v) is 4.08. The molecular weight excluding hydrogens is 188 g/mol. The van der Waals surface area contributed by atoms with E-state index in [0.717, 1.165) is 24.9 Å². The normalized spacial score (nSPS) is 36.8. The van der Waals surface area contributed by atoms with Crippen LogP contribution in [0.5, 0.6) is 0 Å². The number of ether oxygens (including phenoxy) is 1. The summed E-state index contributed by atoms with van der Waals surface area (Å²) in [7, 11) is 1.77. The second kappa shape index (κ2) is 5.28. The number of nitrogens with one attached hydrogen (secondary N) is 2. The molecule has 0 aromatic rings. The molecule has 2 rings (SSSR count). The monoisotopic (exact) mass is 212 g/mol. The second-order valence-corrected chi connectivity index (χ2v) is 5.07. The lowest BCUT2D eigenvalue weighted by Gasteiger charge is -2.20. The molecule has 2 N–H and O–H groups in total. The summed E-state index contributed by atoms with van der Waals surface area (Å²) in [6.07, 6.45) is 4.65. The van der Waals surface area contributed by atoms with Crippen molar-refractivity contribution >= 4 is 0 Å². The van der Waals surface area contributed by atoms with E-state index in [4.69, 9.17) is 4.74 Å². The van der Waals surface area contributed by atoms with Crippen LogP contribution in [-0.4, -0.2) is 38.9 Å². The minimum Gasteiger partial charge on any atom is -0.380 e. The van der Waals surface area contributed by atoms with Gasteiger partial charge in [-0.25, -0.2) is 0 Å². The molecule has 3 nitrogen and oxygen atoms in total. The molecular formula is C12H24N2O. The average Bonchev–Trinajstić information content (AvgIpc) is 2.81. The Balaban J connectivity index is 1.67. The number of hydrogen-bond acceptors (Lipinski definition) is 3. The average molecular weight is 212 g/mol. The zero-order valence-electron chi connectivity index (χ0n) is 9.96. The van der Waals surface area contributed by atoms with Gasteiger partial charge in [0.1, 0.15) is 0 Å². The Morgan fingerprint density at radius 2 is 2.33 bits per heavy atom. The minimum atomic E-state index is 0.325. The van der Waals surface area contributed by atoms with Gasteiger partial charge in [0.15, 0.2) is 0 Å². The van der Waals surface area contributed by atoms with Crippen LogP contribution in [0.15, 0.2) is 0 Å². The zero-order valence-corrected chi connectivity index (χ0v) is 9.96. The van der Waals surface area contributed by atoms with E-state index < -0.39 is 0 Å². The Morgan fingerprint density at radius 3 is 3.13 bits per heavy atom. The van der Waals surface area contributed by atoms with Crippen LogP contribution in [0, 0.1) is 11.8 Å². The molecule has 88 valence electrons. The molecule has 4 unspecified atom stereocenters. The van der Waals surface area contributed by atoms with Crippen LogP contribution in [0.4, 0.5) is 0 Å². The lowest BCUT2D eigenvalue weighted by atomic mass is 9.94. The molecule has 0 aromatic carbocycles. The van der Waals surface area contributed by atoms with Crippen molar-refractivity contribution in [3.8, 4) is 0 Å². The summed E-state index contributed by atoms with van der Waals surface area (Å²) in [5.74, 6) is 1.91. The molecule has 1 aliphatic carbocycles. The smallest absolute Gasteiger partial charge is 0.0667 e. The SMILES string of the molecule is COC(C)CNCC1NCC2CCCC21. The Hall–Kier alpha value is -0.120. The predicted octanol–water partition coefficient (Wildman–Crippen LogP) is 0.999. The fourth-order valence-electron chi connectivity index (χ4n) is 3.05. The van der Waals surface area contributed by atoms with Crippen molar-refractivity contribution in [2.24, 2.45) is 11.8 Å². The standard InChI is InChI=1S/C12H24N2O/c1-9(15-2)6-13-8-12-11-5-3-4-10(11)7-14-12/h9-14H,3-8H2,1-2H3. The molecule has 1 saturated heterocycles. The fraction of sp³-hybridized carbons (Fsp3) is 1.00. The van der Waals surface area contributed by atoms with Crippen LogP contribution in [-0.2, 0) is 4.74 Å².